The Hall–Kier alpha value is -3.67. The van der Waals surface area contributed by atoms with Crippen molar-refractivity contribution < 1.29 is 29.5 Å². The zero-order valence-electron chi connectivity index (χ0n) is 17.7. The number of benzene rings is 1. The SMILES string of the molecule is Cn1c(COc2ccc(CO)cc2NC(=O)CN(C(=O)O)C(C)(C)C)cnc1[N+](=O)[O-]. The molecule has 0 bridgehead atoms. The number of carbonyl (C=O) groups excluding carboxylic acids is 1. The van der Waals surface area contributed by atoms with Crippen molar-refractivity contribution in [3.05, 3.63) is 45.8 Å². The molecule has 168 valence electrons. The molecule has 0 saturated heterocycles. The number of rotatable bonds is 8. The quantitative estimate of drug-likeness (QED) is 0.420. The minimum Gasteiger partial charge on any atom is -0.484 e. The van der Waals surface area contributed by atoms with Crippen LogP contribution in [0.5, 0.6) is 5.75 Å². The van der Waals surface area contributed by atoms with Gasteiger partial charge in [0.15, 0.2) is 5.69 Å². The van der Waals surface area contributed by atoms with E-state index >= 15 is 0 Å². The van der Waals surface area contributed by atoms with Gasteiger partial charge in [0, 0.05) is 5.54 Å². The van der Waals surface area contributed by atoms with Crippen LogP contribution in [0, 0.1) is 10.1 Å². The van der Waals surface area contributed by atoms with Crippen LogP contribution < -0.4 is 10.1 Å². The number of aliphatic hydroxyl groups excluding tert-OH is 1. The van der Waals surface area contributed by atoms with Gasteiger partial charge in [-0.05, 0) is 43.4 Å². The summed E-state index contributed by atoms with van der Waals surface area (Å²) in [7, 11) is 1.48. The Morgan fingerprint density at radius 1 is 1.35 bits per heavy atom. The molecule has 2 aromatic rings. The number of aromatic nitrogens is 2. The molecule has 0 spiro atoms. The number of imidazole rings is 1. The van der Waals surface area contributed by atoms with Crippen molar-refractivity contribution in [1.29, 1.82) is 0 Å². The van der Waals surface area contributed by atoms with Crippen LogP contribution in [-0.4, -0.2) is 53.7 Å². The van der Waals surface area contributed by atoms with Gasteiger partial charge in [0.05, 0.1) is 19.3 Å². The third-order valence-corrected chi connectivity index (χ3v) is 4.44. The predicted molar refractivity (Wildman–Crippen MR) is 110 cm³/mol. The number of hydrogen-bond donors (Lipinski definition) is 3. The van der Waals surface area contributed by atoms with Crippen LogP contribution >= 0.6 is 0 Å². The maximum Gasteiger partial charge on any atom is 0.434 e. The monoisotopic (exact) mass is 435 g/mol. The maximum atomic E-state index is 12.5. The Labute approximate surface area is 178 Å². The van der Waals surface area contributed by atoms with Gasteiger partial charge in [0.2, 0.25) is 5.91 Å². The minimum absolute atomic E-state index is 0.0675. The lowest BCUT2D eigenvalue weighted by Crippen LogP contribution is -2.48. The van der Waals surface area contributed by atoms with Gasteiger partial charge in [-0.1, -0.05) is 11.1 Å². The summed E-state index contributed by atoms with van der Waals surface area (Å²) in [4.78, 5) is 39.0. The normalized spacial score (nSPS) is 11.1. The molecule has 0 aliphatic carbocycles. The van der Waals surface area contributed by atoms with Crippen LogP contribution in [0.25, 0.3) is 0 Å². The van der Waals surface area contributed by atoms with Crippen LogP contribution in [0.1, 0.15) is 32.0 Å². The van der Waals surface area contributed by atoms with Crippen molar-refractivity contribution in [3.63, 3.8) is 0 Å². The van der Waals surface area contributed by atoms with Crippen molar-refractivity contribution in [3.8, 4) is 5.75 Å². The fraction of sp³-hybridized carbons (Fsp3) is 0.421. The lowest BCUT2D eigenvalue weighted by Gasteiger charge is -2.32. The molecule has 0 unspecified atom stereocenters. The number of anilines is 1. The van der Waals surface area contributed by atoms with Crippen molar-refractivity contribution in [1.82, 2.24) is 14.5 Å². The third kappa shape index (κ3) is 5.92. The molecule has 2 amide bonds. The molecule has 12 nitrogen and oxygen atoms in total. The molecule has 0 radical (unpaired) electrons. The van der Waals surface area contributed by atoms with E-state index in [2.05, 4.69) is 10.3 Å². The van der Waals surface area contributed by atoms with Crippen LogP contribution in [0.3, 0.4) is 0 Å². The van der Waals surface area contributed by atoms with E-state index < -0.39 is 29.0 Å². The molecule has 2 rings (SSSR count). The Morgan fingerprint density at radius 3 is 2.55 bits per heavy atom. The summed E-state index contributed by atoms with van der Waals surface area (Å²) in [6.45, 7) is 4.25. The van der Waals surface area contributed by atoms with Gasteiger partial charge >= 0.3 is 12.0 Å². The van der Waals surface area contributed by atoms with Gasteiger partial charge in [-0.25, -0.2) is 9.36 Å². The Bertz CT molecular complexity index is 981. The van der Waals surface area contributed by atoms with Crippen molar-refractivity contribution in [2.24, 2.45) is 7.05 Å². The molecule has 1 aromatic carbocycles. The third-order valence-electron chi connectivity index (χ3n) is 4.44. The topological polar surface area (TPSA) is 160 Å². The highest BCUT2D eigenvalue weighted by Crippen LogP contribution is 2.27. The first-order chi connectivity index (χ1) is 14.4. The van der Waals surface area contributed by atoms with E-state index in [0.717, 1.165) is 4.90 Å². The van der Waals surface area contributed by atoms with E-state index in [0.29, 0.717) is 11.3 Å². The summed E-state index contributed by atoms with van der Waals surface area (Å²) in [6.07, 6.45) is 0.0769. The summed E-state index contributed by atoms with van der Waals surface area (Å²) in [5.74, 6) is -0.681. The second-order valence-electron chi connectivity index (χ2n) is 7.73. The number of amides is 2. The van der Waals surface area contributed by atoms with Gasteiger partial charge < -0.3 is 30.4 Å². The van der Waals surface area contributed by atoms with Gasteiger partial charge in [-0.3, -0.25) is 9.69 Å². The smallest absolute Gasteiger partial charge is 0.434 e. The molecule has 31 heavy (non-hydrogen) atoms. The lowest BCUT2D eigenvalue weighted by molar-refractivity contribution is -0.396. The number of nitrogens with one attached hydrogen (secondary N) is 1. The zero-order valence-corrected chi connectivity index (χ0v) is 17.7. The molecule has 0 fully saturated rings. The molecule has 12 heteroatoms. The highest BCUT2D eigenvalue weighted by molar-refractivity contribution is 5.95. The Morgan fingerprint density at radius 2 is 2.03 bits per heavy atom. The second-order valence-corrected chi connectivity index (χ2v) is 7.73. The van der Waals surface area contributed by atoms with E-state index in [-0.39, 0.29) is 30.6 Å². The standard InChI is InChI=1S/C19H25N5O7/c1-19(2,3)23(18(27)28)9-16(26)21-14-7-12(10-25)5-6-15(14)31-11-13-8-20-17(22(13)4)24(29)30/h5-8,25H,9-11H2,1-4H3,(H,21,26)(H,27,28). The highest BCUT2D eigenvalue weighted by Gasteiger charge is 2.28. The maximum absolute atomic E-state index is 12.5. The minimum atomic E-state index is -1.24. The van der Waals surface area contributed by atoms with Gasteiger partial charge in [0.25, 0.3) is 0 Å². The van der Waals surface area contributed by atoms with Crippen LogP contribution in [0.15, 0.2) is 24.4 Å². The average Bonchev–Trinajstić information content (AvgIpc) is 3.04. The Balaban J connectivity index is 2.20. The predicted octanol–water partition coefficient (Wildman–Crippen LogP) is 2.12. The van der Waals surface area contributed by atoms with Crippen LogP contribution in [0.4, 0.5) is 16.4 Å². The molecule has 1 heterocycles. The number of nitrogens with zero attached hydrogens (tertiary/aromatic N) is 4. The van der Waals surface area contributed by atoms with Gasteiger partial charge in [-0.2, -0.15) is 0 Å². The fourth-order valence-electron chi connectivity index (χ4n) is 2.71. The molecule has 0 atom stereocenters. The summed E-state index contributed by atoms with van der Waals surface area (Å²) in [5, 5.41) is 32.3. The van der Waals surface area contributed by atoms with Crippen LogP contribution in [0.2, 0.25) is 0 Å². The van der Waals surface area contributed by atoms with Gasteiger partial charge in [0.1, 0.15) is 25.1 Å². The second kappa shape index (κ2) is 9.43. The number of aliphatic hydroxyl groups is 1. The highest BCUT2D eigenvalue weighted by atomic mass is 16.6. The zero-order chi connectivity index (χ0) is 23.3. The van der Waals surface area contributed by atoms with E-state index in [4.69, 9.17) is 4.74 Å². The fourth-order valence-corrected chi connectivity index (χ4v) is 2.71. The number of carbonyl (C=O) groups is 2. The van der Waals surface area contributed by atoms with Crippen LogP contribution in [-0.2, 0) is 25.1 Å². The number of ether oxygens (including phenoxy) is 1. The molecule has 1 aromatic heterocycles. The number of hydrogen-bond acceptors (Lipinski definition) is 7. The molecular weight excluding hydrogens is 410 g/mol. The van der Waals surface area contributed by atoms with E-state index in [1.807, 2.05) is 0 Å². The first-order valence-corrected chi connectivity index (χ1v) is 9.26. The number of nitro groups is 1. The largest absolute Gasteiger partial charge is 0.484 e. The molecular formula is C19H25N5O7. The van der Waals surface area contributed by atoms with E-state index in [9.17, 15) is 29.9 Å². The summed E-state index contributed by atoms with van der Waals surface area (Å²) in [5.41, 5.74) is 0.376. The average molecular weight is 435 g/mol. The summed E-state index contributed by atoms with van der Waals surface area (Å²) < 4.78 is 6.98. The molecule has 0 saturated carbocycles. The molecule has 3 N–H and O–H groups in total. The summed E-state index contributed by atoms with van der Waals surface area (Å²) in [6, 6.07) is 4.63. The first-order valence-electron chi connectivity index (χ1n) is 9.26. The van der Waals surface area contributed by atoms with Gasteiger partial charge in [-0.15, -0.1) is 0 Å². The molecule has 0 aliphatic heterocycles. The number of carboxylic acid groups (broad SMARTS) is 1. The summed E-state index contributed by atoms with van der Waals surface area (Å²) >= 11 is 0. The Kier molecular flexibility index (Phi) is 7.18. The van der Waals surface area contributed by atoms with Crippen molar-refractivity contribution in [2.45, 2.75) is 39.5 Å². The molecule has 0 aliphatic rings. The lowest BCUT2D eigenvalue weighted by atomic mass is 10.1. The van der Waals surface area contributed by atoms with Crippen molar-refractivity contribution in [2.75, 3.05) is 11.9 Å². The first kappa shape index (κ1) is 23.6. The van der Waals surface area contributed by atoms with Crippen molar-refractivity contribution >= 4 is 23.6 Å². The van der Waals surface area contributed by atoms with E-state index in [1.54, 1.807) is 26.8 Å². The van der Waals surface area contributed by atoms with E-state index in [1.165, 1.54) is 29.9 Å².